The second-order valence-electron chi connectivity index (χ2n) is 8.87. The van der Waals surface area contributed by atoms with E-state index in [0.29, 0.717) is 34.7 Å². The van der Waals surface area contributed by atoms with Crippen molar-refractivity contribution in [1.29, 1.82) is 0 Å². The highest BCUT2D eigenvalue weighted by Crippen LogP contribution is 2.45. The van der Waals surface area contributed by atoms with Gasteiger partial charge in [-0.1, -0.05) is 6.07 Å². The predicted octanol–water partition coefficient (Wildman–Crippen LogP) is 3.51. The first-order valence-corrected chi connectivity index (χ1v) is 11.1. The second kappa shape index (κ2) is 7.41. The Bertz CT molecular complexity index is 1380. The number of imidazole rings is 1. The minimum absolute atomic E-state index is 0.143. The summed E-state index contributed by atoms with van der Waals surface area (Å²) in [5.74, 6) is -0.446. The van der Waals surface area contributed by atoms with E-state index in [0.717, 1.165) is 48.4 Å². The van der Waals surface area contributed by atoms with E-state index in [-0.39, 0.29) is 17.1 Å². The largest absolute Gasteiger partial charge is 0.355 e. The number of H-pyrrole nitrogens is 2. The molecular formula is C24H24FN7O. The Morgan fingerprint density at radius 3 is 2.94 bits per heavy atom. The van der Waals surface area contributed by atoms with Crippen LogP contribution < -0.4 is 16.0 Å². The van der Waals surface area contributed by atoms with Crippen LogP contribution >= 0.6 is 0 Å². The van der Waals surface area contributed by atoms with E-state index in [9.17, 15) is 9.18 Å². The maximum absolute atomic E-state index is 14.3. The predicted molar refractivity (Wildman–Crippen MR) is 124 cm³/mol. The number of pyridine rings is 1. The maximum atomic E-state index is 14.3. The number of carbonyl (C=O) groups excluding carboxylic acids is 1. The third-order valence-corrected chi connectivity index (χ3v) is 6.94. The van der Waals surface area contributed by atoms with Crippen molar-refractivity contribution in [2.24, 2.45) is 0 Å². The quantitative estimate of drug-likeness (QED) is 0.332. The number of piperidine rings is 1. The Kier molecular flexibility index (Phi) is 4.48. The molecule has 5 N–H and O–H groups in total. The zero-order chi connectivity index (χ0) is 22.6. The second-order valence-corrected chi connectivity index (χ2v) is 8.87. The van der Waals surface area contributed by atoms with E-state index in [4.69, 9.17) is 0 Å². The van der Waals surface area contributed by atoms with Crippen LogP contribution in [0.1, 0.15) is 34.5 Å². The van der Waals surface area contributed by atoms with Crippen molar-refractivity contribution in [3.63, 3.8) is 0 Å². The van der Waals surface area contributed by atoms with Crippen molar-refractivity contribution in [3.05, 3.63) is 59.4 Å². The van der Waals surface area contributed by atoms with Crippen LogP contribution in [0.2, 0.25) is 0 Å². The molecule has 0 radical (unpaired) electrons. The van der Waals surface area contributed by atoms with Gasteiger partial charge in [-0.15, -0.1) is 0 Å². The number of hydrogen-bond acceptors (Lipinski definition) is 5. The van der Waals surface area contributed by atoms with Gasteiger partial charge >= 0.3 is 0 Å². The number of halogens is 1. The molecule has 1 amide bonds. The van der Waals surface area contributed by atoms with Gasteiger partial charge in [0.2, 0.25) is 0 Å². The molecule has 33 heavy (non-hydrogen) atoms. The third kappa shape index (κ3) is 3.03. The van der Waals surface area contributed by atoms with Crippen molar-refractivity contribution >= 4 is 28.4 Å². The fraction of sp³-hybridized carbons (Fsp3) is 0.292. The van der Waals surface area contributed by atoms with Gasteiger partial charge in [0.25, 0.3) is 5.91 Å². The summed E-state index contributed by atoms with van der Waals surface area (Å²) in [7, 11) is 0. The van der Waals surface area contributed by atoms with Gasteiger partial charge in [-0.3, -0.25) is 4.79 Å². The van der Waals surface area contributed by atoms with Gasteiger partial charge in [-0.05, 0) is 44.5 Å². The number of aromatic amines is 2. The average molecular weight is 446 g/mol. The fourth-order valence-corrected chi connectivity index (χ4v) is 5.14. The molecule has 3 aromatic heterocycles. The number of aromatic nitrogens is 4. The zero-order valence-electron chi connectivity index (χ0n) is 18.2. The molecule has 1 spiro atoms. The summed E-state index contributed by atoms with van der Waals surface area (Å²) in [6.45, 7) is 4.03. The SMILES string of the molecule is Cc1c(F)cccc1Nc1c(-c2ccnc3nc[nH]c23)[nH]c2c1C(=O)NC[C@]21CCCNC1. The van der Waals surface area contributed by atoms with E-state index in [2.05, 4.69) is 35.9 Å². The molecule has 5 heterocycles. The molecule has 0 bridgehead atoms. The van der Waals surface area contributed by atoms with E-state index in [1.165, 1.54) is 6.07 Å². The van der Waals surface area contributed by atoms with E-state index in [1.807, 2.05) is 12.1 Å². The van der Waals surface area contributed by atoms with Crippen molar-refractivity contribution in [2.45, 2.75) is 25.2 Å². The number of nitrogens with one attached hydrogen (secondary N) is 5. The van der Waals surface area contributed by atoms with Gasteiger partial charge in [-0.2, -0.15) is 0 Å². The number of carbonyl (C=O) groups is 1. The highest BCUT2D eigenvalue weighted by atomic mass is 19.1. The van der Waals surface area contributed by atoms with Crippen LogP contribution in [0.4, 0.5) is 15.8 Å². The molecule has 0 aliphatic carbocycles. The molecule has 168 valence electrons. The summed E-state index contributed by atoms with van der Waals surface area (Å²) in [6.07, 6.45) is 5.29. The van der Waals surface area contributed by atoms with Gasteiger partial charge in [0.15, 0.2) is 5.65 Å². The number of fused-ring (bicyclic) bond motifs is 3. The summed E-state index contributed by atoms with van der Waals surface area (Å²) in [6, 6.07) is 6.81. The van der Waals surface area contributed by atoms with E-state index in [1.54, 1.807) is 25.5 Å². The minimum atomic E-state index is -0.303. The van der Waals surface area contributed by atoms with Crippen molar-refractivity contribution in [2.75, 3.05) is 25.0 Å². The minimum Gasteiger partial charge on any atom is -0.355 e. The standard InChI is InChI=1S/C24H24FN7O/c1-13-15(25)4-2-5-16(13)31-20-17-21(24(11-28-23(17)33)7-3-8-26-10-24)32-18(20)14-6-9-27-22-19(14)29-12-30-22/h2,4-6,9,12,26,31-32H,3,7-8,10-11H2,1H3,(H,28,33)(H,27,29,30)/t24-/m1/s1. The molecule has 2 aliphatic rings. The molecule has 9 heteroatoms. The summed E-state index contributed by atoms with van der Waals surface area (Å²) in [5, 5.41) is 9.99. The van der Waals surface area contributed by atoms with E-state index < -0.39 is 0 Å². The number of benzene rings is 1. The van der Waals surface area contributed by atoms with Crippen molar-refractivity contribution in [1.82, 2.24) is 30.6 Å². The Morgan fingerprint density at radius 1 is 1.18 bits per heavy atom. The molecule has 1 aromatic carbocycles. The van der Waals surface area contributed by atoms with Crippen LogP contribution in [-0.2, 0) is 5.41 Å². The lowest BCUT2D eigenvalue weighted by Gasteiger charge is -2.40. The number of hydrogen-bond donors (Lipinski definition) is 5. The normalized spacial score (nSPS) is 20.1. The first-order chi connectivity index (χ1) is 16.1. The number of anilines is 2. The molecule has 6 rings (SSSR count). The Morgan fingerprint density at radius 2 is 2.09 bits per heavy atom. The Hall–Kier alpha value is -3.72. The lowest BCUT2D eigenvalue weighted by Crippen LogP contribution is -2.54. The van der Waals surface area contributed by atoms with Crippen LogP contribution in [0.25, 0.3) is 22.4 Å². The van der Waals surface area contributed by atoms with Crippen LogP contribution in [0.3, 0.4) is 0 Å². The summed E-state index contributed by atoms with van der Waals surface area (Å²) < 4.78 is 14.3. The average Bonchev–Trinajstić information content (AvgIpc) is 3.46. The molecule has 1 fully saturated rings. The lowest BCUT2D eigenvalue weighted by atomic mass is 9.74. The van der Waals surface area contributed by atoms with Gasteiger partial charge < -0.3 is 25.9 Å². The monoisotopic (exact) mass is 445 g/mol. The summed E-state index contributed by atoms with van der Waals surface area (Å²) in [5.41, 5.74) is 5.95. The van der Waals surface area contributed by atoms with Crippen LogP contribution in [-0.4, -0.2) is 45.5 Å². The lowest BCUT2D eigenvalue weighted by molar-refractivity contribution is 0.0916. The summed E-state index contributed by atoms with van der Waals surface area (Å²) in [4.78, 5) is 28.6. The number of amides is 1. The molecule has 2 aliphatic heterocycles. The highest BCUT2D eigenvalue weighted by Gasteiger charge is 2.44. The fourth-order valence-electron chi connectivity index (χ4n) is 5.14. The van der Waals surface area contributed by atoms with Crippen molar-refractivity contribution in [3.8, 4) is 11.3 Å². The summed E-state index contributed by atoms with van der Waals surface area (Å²) >= 11 is 0. The topological polar surface area (TPSA) is 111 Å². The van der Waals surface area contributed by atoms with Crippen molar-refractivity contribution < 1.29 is 9.18 Å². The molecule has 4 aromatic rings. The smallest absolute Gasteiger partial charge is 0.255 e. The maximum Gasteiger partial charge on any atom is 0.255 e. The molecule has 8 nitrogen and oxygen atoms in total. The molecule has 1 atom stereocenters. The van der Waals surface area contributed by atoms with Gasteiger partial charge in [0.05, 0.1) is 28.8 Å². The molecular weight excluding hydrogens is 421 g/mol. The zero-order valence-corrected chi connectivity index (χ0v) is 18.2. The van der Waals surface area contributed by atoms with Crippen LogP contribution in [0.15, 0.2) is 36.8 Å². The van der Waals surface area contributed by atoms with Gasteiger partial charge in [0, 0.05) is 47.2 Å². The first kappa shape index (κ1) is 19.9. The van der Waals surface area contributed by atoms with E-state index >= 15 is 0 Å². The number of rotatable bonds is 3. The molecule has 0 saturated carbocycles. The molecule has 0 unspecified atom stereocenters. The highest BCUT2D eigenvalue weighted by molar-refractivity contribution is 6.08. The van der Waals surface area contributed by atoms with Gasteiger partial charge in [-0.25, -0.2) is 14.4 Å². The van der Waals surface area contributed by atoms with Crippen LogP contribution in [0, 0.1) is 12.7 Å². The molecule has 1 saturated heterocycles. The first-order valence-electron chi connectivity index (χ1n) is 11.1. The van der Waals surface area contributed by atoms with Crippen LogP contribution in [0.5, 0.6) is 0 Å². The Balaban J connectivity index is 1.62. The Labute approximate surface area is 189 Å². The van der Waals surface area contributed by atoms with Gasteiger partial charge in [0.1, 0.15) is 5.82 Å². The third-order valence-electron chi connectivity index (χ3n) is 6.94. The number of nitrogens with zero attached hydrogens (tertiary/aromatic N) is 2.